The van der Waals surface area contributed by atoms with Gasteiger partial charge in [-0.05, 0) is 49.7 Å². The molecule has 0 atom stereocenters. The molecule has 15 heavy (non-hydrogen) atoms. The molecule has 1 aliphatic rings. The van der Waals surface area contributed by atoms with Crippen LogP contribution in [0.4, 0.5) is 0 Å². The van der Waals surface area contributed by atoms with Crippen LogP contribution in [0, 0.1) is 6.92 Å². The zero-order valence-electron chi connectivity index (χ0n) is 11.1. The van der Waals surface area contributed by atoms with Crippen LogP contribution in [-0.2, 0) is 0 Å². The van der Waals surface area contributed by atoms with Crippen LogP contribution < -0.4 is 0 Å². The highest BCUT2D eigenvalue weighted by Gasteiger charge is 2.52. The Hall–Kier alpha value is 0.394. The Bertz CT molecular complexity index is 178. The number of hydrogen-bond donors (Lipinski definition) is 0. The highest BCUT2D eigenvalue weighted by Crippen LogP contribution is 2.44. The van der Waals surface area contributed by atoms with Crippen molar-refractivity contribution in [1.82, 2.24) is 4.23 Å². The van der Waals surface area contributed by atoms with Gasteiger partial charge in [-0.15, -0.1) is 0 Å². The van der Waals surface area contributed by atoms with Gasteiger partial charge in [-0.25, -0.2) is 0 Å². The largest absolute Gasteiger partial charge is 0.345 e. The molecule has 0 bridgehead atoms. The fraction of sp³-hybridized carbons (Fsp3) is 0.917. The van der Waals surface area contributed by atoms with Gasteiger partial charge in [0.2, 0.25) is 0 Å². The van der Waals surface area contributed by atoms with Crippen LogP contribution in [-0.4, -0.2) is 27.2 Å². The summed E-state index contributed by atoms with van der Waals surface area (Å²) in [6.45, 7) is 15.0. The molecule has 3 heteroatoms. The van der Waals surface area contributed by atoms with Gasteiger partial charge in [-0.3, -0.25) is 0 Å². The van der Waals surface area contributed by atoms with E-state index in [1.165, 1.54) is 24.2 Å². The molecule has 0 unspecified atom stereocenters. The van der Waals surface area contributed by atoms with Gasteiger partial charge in [-0.2, -0.15) is 0 Å². The second-order valence-electron chi connectivity index (χ2n) is 5.01. The number of hydrogen-bond acceptors (Lipinski definition) is 1. The predicted molar refractivity (Wildman–Crippen MR) is 75.1 cm³/mol. The van der Waals surface area contributed by atoms with E-state index in [9.17, 15) is 0 Å². The van der Waals surface area contributed by atoms with Gasteiger partial charge in [0.15, 0.2) is 0 Å². The Labute approximate surface area is 98.4 Å². The first kappa shape index (κ1) is 13.5. The zero-order valence-corrected chi connectivity index (χ0v) is 13.1. The predicted octanol–water partition coefficient (Wildman–Crippen LogP) is 4.11. The second-order valence-corrected chi connectivity index (χ2v) is 15.3. The molecular formula is C12H28NSi2. The lowest BCUT2D eigenvalue weighted by Crippen LogP contribution is -2.59. The smallest absolute Gasteiger partial charge is 0.121 e. The van der Waals surface area contributed by atoms with Crippen LogP contribution in [0.5, 0.6) is 0 Å². The summed E-state index contributed by atoms with van der Waals surface area (Å²) in [6, 6.07) is 8.95. The molecule has 1 heterocycles. The summed E-state index contributed by atoms with van der Waals surface area (Å²) < 4.78 is 3.00. The molecule has 0 aromatic carbocycles. The summed E-state index contributed by atoms with van der Waals surface area (Å²) in [5.74, 6) is 0. The van der Waals surface area contributed by atoms with E-state index in [0.29, 0.717) is 0 Å². The Morgan fingerprint density at radius 1 is 0.867 bits per heavy atom. The van der Waals surface area contributed by atoms with Gasteiger partial charge in [0, 0.05) is 0 Å². The maximum absolute atomic E-state index is 4.25. The van der Waals surface area contributed by atoms with Crippen LogP contribution in [0.1, 0.15) is 27.7 Å². The monoisotopic (exact) mass is 242 g/mol. The van der Waals surface area contributed by atoms with Crippen molar-refractivity contribution < 1.29 is 0 Å². The summed E-state index contributed by atoms with van der Waals surface area (Å²) in [5.41, 5.74) is 0. The normalized spacial score (nSPS) is 24.6. The number of nitrogens with zero attached hydrogens (tertiary/aromatic N) is 1. The average Bonchev–Trinajstić information content (AvgIpc) is 2.63. The lowest BCUT2D eigenvalue weighted by Gasteiger charge is -2.44. The van der Waals surface area contributed by atoms with Gasteiger partial charge in [-0.1, -0.05) is 27.7 Å². The molecule has 0 aromatic rings. The lowest BCUT2D eigenvalue weighted by atomic mass is 10.8. The van der Waals surface area contributed by atoms with E-state index in [2.05, 4.69) is 38.8 Å². The molecule has 1 rings (SSSR count). The van der Waals surface area contributed by atoms with Crippen LogP contribution in [0.25, 0.3) is 0 Å². The van der Waals surface area contributed by atoms with Crippen molar-refractivity contribution in [1.29, 1.82) is 0 Å². The first-order chi connectivity index (χ1) is 7.14. The van der Waals surface area contributed by atoms with E-state index < -0.39 is 16.5 Å². The van der Waals surface area contributed by atoms with E-state index in [0.717, 1.165) is 6.54 Å². The van der Waals surface area contributed by atoms with Gasteiger partial charge in [0.25, 0.3) is 0 Å². The van der Waals surface area contributed by atoms with E-state index in [-0.39, 0.29) is 0 Å². The molecule has 1 saturated heterocycles. The fourth-order valence-electron chi connectivity index (χ4n) is 3.68. The third kappa shape index (κ3) is 1.98. The molecule has 1 nitrogen and oxygen atoms in total. The molecule has 0 spiro atoms. The maximum atomic E-state index is 4.25. The van der Waals surface area contributed by atoms with Gasteiger partial charge in [0.05, 0.1) is 0 Å². The van der Waals surface area contributed by atoms with E-state index in [1.54, 1.807) is 12.1 Å². The quantitative estimate of drug-likeness (QED) is 0.656. The number of rotatable bonds is 5. The van der Waals surface area contributed by atoms with E-state index in [4.69, 9.17) is 0 Å². The van der Waals surface area contributed by atoms with Crippen molar-refractivity contribution in [3.63, 3.8) is 0 Å². The van der Waals surface area contributed by atoms with Crippen molar-refractivity contribution in [3.8, 4) is 0 Å². The maximum Gasteiger partial charge on any atom is 0.121 e. The summed E-state index contributed by atoms with van der Waals surface area (Å²) in [6.07, 6.45) is 0. The van der Waals surface area contributed by atoms with Crippen LogP contribution in [0.15, 0.2) is 0 Å². The summed E-state index contributed by atoms with van der Waals surface area (Å²) in [4.78, 5) is 0. The third-order valence-corrected chi connectivity index (χ3v) is 18.8. The zero-order chi connectivity index (χ0) is 11.5. The molecule has 0 aliphatic carbocycles. The SMILES string of the molecule is [CH2]CN1[Si](CC)(CC)CC[Si]1(CC)CC. The lowest BCUT2D eigenvalue weighted by molar-refractivity contribution is 0.666. The first-order valence-electron chi connectivity index (χ1n) is 6.71. The molecule has 0 saturated carbocycles. The van der Waals surface area contributed by atoms with Gasteiger partial charge < -0.3 is 4.23 Å². The van der Waals surface area contributed by atoms with Gasteiger partial charge in [0.1, 0.15) is 16.5 Å². The summed E-state index contributed by atoms with van der Waals surface area (Å²) in [7, 11) is -2.11. The molecule has 1 radical (unpaired) electrons. The highest BCUT2D eigenvalue weighted by molar-refractivity contribution is 6.97. The summed E-state index contributed by atoms with van der Waals surface area (Å²) >= 11 is 0. The fourth-order valence-corrected chi connectivity index (χ4v) is 19.4. The minimum absolute atomic E-state index is 1.05. The van der Waals surface area contributed by atoms with Crippen molar-refractivity contribution in [2.24, 2.45) is 0 Å². The van der Waals surface area contributed by atoms with Gasteiger partial charge >= 0.3 is 0 Å². The first-order valence-corrected chi connectivity index (χ1v) is 11.9. The van der Waals surface area contributed by atoms with E-state index >= 15 is 0 Å². The van der Waals surface area contributed by atoms with Crippen molar-refractivity contribution >= 4 is 16.5 Å². The van der Waals surface area contributed by atoms with E-state index in [1.807, 2.05) is 0 Å². The molecule has 0 aromatic heterocycles. The highest BCUT2D eigenvalue weighted by atomic mass is 28.4. The minimum atomic E-state index is -1.05. The third-order valence-electron chi connectivity index (χ3n) is 5.06. The molecule has 89 valence electrons. The van der Waals surface area contributed by atoms with Crippen molar-refractivity contribution in [2.75, 3.05) is 6.54 Å². The molecule has 0 amide bonds. The van der Waals surface area contributed by atoms with Crippen molar-refractivity contribution in [2.45, 2.75) is 64.0 Å². The Balaban J connectivity index is 2.98. The Kier molecular flexibility index (Phi) is 4.62. The topological polar surface area (TPSA) is 3.24 Å². The van der Waals surface area contributed by atoms with Crippen LogP contribution in [0.3, 0.4) is 0 Å². The van der Waals surface area contributed by atoms with Crippen molar-refractivity contribution in [3.05, 3.63) is 6.92 Å². The Morgan fingerprint density at radius 3 is 1.40 bits per heavy atom. The summed E-state index contributed by atoms with van der Waals surface area (Å²) in [5, 5.41) is 0. The molecular weight excluding hydrogens is 214 g/mol. The average molecular weight is 243 g/mol. The van der Waals surface area contributed by atoms with Crippen LogP contribution in [0.2, 0.25) is 36.3 Å². The minimum Gasteiger partial charge on any atom is -0.345 e. The van der Waals surface area contributed by atoms with Crippen LogP contribution >= 0.6 is 0 Å². The molecule has 1 fully saturated rings. The standard InChI is InChI=1S/C12H28NSi2/c1-6-13-14(7-2,8-3)11-12-15(13,9-4)10-5/h1,6-12H2,2-5H3. The second kappa shape index (κ2) is 5.15. The molecule has 0 N–H and O–H groups in total. The Morgan fingerprint density at radius 2 is 1.20 bits per heavy atom. The molecule has 1 aliphatic heterocycles.